The molecule has 1 atom stereocenters. The van der Waals surface area contributed by atoms with E-state index < -0.39 is 34.2 Å². The number of halogens is 4. The monoisotopic (exact) mass is 516 g/mol. The quantitative estimate of drug-likeness (QED) is 0.434. The van der Waals surface area contributed by atoms with Crippen LogP contribution in [0.25, 0.3) is 0 Å². The second-order valence-corrected chi connectivity index (χ2v) is 9.69. The Morgan fingerprint density at radius 3 is 2.47 bits per heavy atom. The van der Waals surface area contributed by atoms with Gasteiger partial charge in [0.15, 0.2) is 4.87 Å². The molecule has 0 saturated carbocycles. The number of anilines is 1. The highest BCUT2D eigenvalue weighted by molar-refractivity contribution is 8.01. The Balaban J connectivity index is 1.57. The lowest BCUT2D eigenvalue weighted by Gasteiger charge is -2.33. The number of rotatable bonds is 4. The molecule has 3 aromatic rings. The maximum Gasteiger partial charge on any atom is 0.416 e. The molecule has 2 amide bonds. The third-order valence-electron chi connectivity index (χ3n) is 6.37. The highest BCUT2D eigenvalue weighted by Gasteiger charge is 2.59. The smallest absolute Gasteiger partial charge is 0.416 e. The van der Waals surface area contributed by atoms with Crippen LogP contribution in [0, 0.1) is 5.82 Å². The molecule has 0 N–H and O–H groups in total. The predicted molar refractivity (Wildman–Crippen MR) is 127 cm³/mol. The number of hydrogen-bond donors (Lipinski definition) is 0. The zero-order chi connectivity index (χ0) is 25.7. The number of amides is 2. The summed E-state index contributed by atoms with van der Waals surface area (Å²) in [4.78, 5) is 28.9. The van der Waals surface area contributed by atoms with Crippen molar-refractivity contribution in [1.29, 1.82) is 0 Å². The average molecular weight is 517 g/mol. The van der Waals surface area contributed by atoms with Gasteiger partial charge in [0.05, 0.1) is 30.5 Å². The molecule has 1 saturated heterocycles. The van der Waals surface area contributed by atoms with E-state index in [1.54, 1.807) is 24.3 Å². The third kappa shape index (κ3) is 3.80. The topological polar surface area (TPSA) is 49.9 Å². The van der Waals surface area contributed by atoms with Gasteiger partial charge in [0.1, 0.15) is 11.6 Å². The zero-order valence-electron chi connectivity index (χ0n) is 19.0. The molecule has 0 aromatic heterocycles. The standard InChI is InChI=1S/C26H20F4N2O3S/c1-35-18-10-11-22-20(14-18)25(32(12-13-36-25)23(33)19-4-2-3-5-21(19)27)24(34)31(22)15-16-6-8-17(9-7-16)26(28,29)30/h2-11,14H,12-13,15H2,1H3. The first-order valence-electron chi connectivity index (χ1n) is 11.0. The number of fused-ring (bicyclic) bond motifs is 2. The van der Waals surface area contributed by atoms with Gasteiger partial charge in [0, 0.05) is 17.9 Å². The number of carbonyl (C=O) groups excluding carboxylic acids is 2. The van der Waals surface area contributed by atoms with E-state index in [-0.39, 0.29) is 18.7 Å². The van der Waals surface area contributed by atoms with Crippen LogP contribution in [0.2, 0.25) is 0 Å². The highest BCUT2D eigenvalue weighted by atomic mass is 32.2. The van der Waals surface area contributed by atoms with Crippen LogP contribution in [0.1, 0.15) is 27.0 Å². The number of carbonyl (C=O) groups is 2. The third-order valence-corrected chi connectivity index (χ3v) is 7.79. The van der Waals surface area contributed by atoms with E-state index in [1.165, 1.54) is 59.0 Å². The Morgan fingerprint density at radius 2 is 1.81 bits per heavy atom. The summed E-state index contributed by atoms with van der Waals surface area (Å²) in [6, 6.07) is 15.2. The Kier molecular flexibility index (Phi) is 5.94. The van der Waals surface area contributed by atoms with Crippen LogP contribution in [-0.4, -0.2) is 36.1 Å². The number of nitrogens with zero attached hydrogens (tertiary/aromatic N) is 2. The average Bonchev–Trinajstić information content (AvgIpc) is 3.40. The zero-order valence-corrected chi connectivity index (χ0v) is 19.8. The van der Waals surface area contributed by atoms with Gasteiger partial charge in [0.25, 0.3) is 11.8 Å². The number of hydrogen-bond acceptors (Lipinski definition) is 4. The molecule has 2 aliphatic heterocycles. The van der Waals surface area contributed by atoms with Crippen molar-refractivity contribution in [2.45, 2.75) is 17.6 Å². The molecular weight excluding hydrogens is 496 g/mol. The molecule has 3 aromatic carbocycles. The molecule has 1 fully saturated rings. The number of thioether (sulfide) groups is 1. The van der Waals surface area contributed by atoms with Gasteiger partial charge in [-0.3, -0.25) is 9.59 Å². The van der Waals surface area contributed by atoms with Gasteiger partial charge in [-0.2, -0.15) is 13.2 Å². The molecule has 1 spiro atoms. The van der Waals surface area contributed by atoms with Crippen molar-refractivity contribution in [3.05, 3.63) is 94.8 Å². The van der Waals surface area contributed by atoms with E-state index in [4.69, 9.17) is 4.74 Å². The van der Waals surface area contributed by atoms with Gasteiger partial charge < -0.3 is 14.5 Å². The predicted octanol–water partition coefficient (Wildman–Crippen LogP) is 5.44. The largest absolute Gasteiger partial charge is 0.497 e. The minimum atomic E-state index is -4.47. The van der Waals surface area contributed by atoms with Crippen molar-refractivity contribution in [2.75, 3.05) is 24.3 Å². The molecule has 2 heterocycles. The van der Waals surface area contributed by atoms with Crippen LogP contribution in [0.4, 0.5) is 23.2 Å². The van der Waals surface area contributed by atoms with Crippen LogP contribution in [-0.2, 0) is 22.4 Å². The molecule has 5 rings (SSSR count). The van der Waals surface area contributed by atoms with Crippen molar-refractivity contribution < 1.29 is 31.9 Å². The van der Waals surface area contributed by atoms with E-state index in [1.807, 2.05) is 0 Å². The van der Waals surface area contributed by atoms with Gasteiger partial charge in [-0.25, -0.2) is 4.39 Å². The van der Waals surface area contributed by atoms with Crippen LogP contribution in [0.3, 0.4) is 0 Å². The fourth-order valence-electron chi connectivity index (χ4n) is 4.64. The maximum atomic E-state index is 14.5. The Hall–Kier alpha value is -3.53. The van der Waals surface area contributed by atoms with Crippen molar-refractivity contribution in [1.82, 2.24) is 4.90 Å². The normalized spacial score (nSPS) is 19.2. The number of alkyl halides is 3. The second-order valence-electron chi connectivity index (χ2n) is 8.40. The number of benzene rings is 3. The van der Waals surface area contributed by atoms with E-state index in [0.717, 1.165) is 12.1 Å². The molecule has 0 radical (unpaired) electrons. The summed E-state index contributed by atoms with van der Waals surface area (Å²) in [6.07, 6.45) is -4.47. The number of ether oxygens (including phenoxy) is 1. The molecule has 0 aliphatic carbocycles. The molecule has 5 nitrogen and oxygen atoms in total. The van der Waals surface area contributed by atoms with E-state index >= 15 is 0 Å². The molecule has 0 bridgehead atoms. The lowest BCUT2D eigenvalue weighted by atomic mass is 10.0. The lowest BCUT2D eigenvalue weighted by molar-refractivity contribution is -0.137. The molecule has 10 heteroatoms. The summed E-state index contributed by atoms with van der Waals surface area (Å²) in [5, 5.41) is 0. The van der Waals surface area contributed by atoms with Crippen molar-refractivity contribution >= 4 is 29.3 Å². The number of methoxy groups -OCH3 is 1. The molecule has 2 aliphatic rings. The summed E-state index contributed by atoms with van der Waals surface area (Å²) in [5.41, 5.74) is 0.601. The fraction of sp³-hybridized carbons (Fsp3) is 0.231. The van der Waals surface area contributed by atoms with Crippen molar-refractivity contribution in [3.8, 4) is 5.75 Å². The Labute approximate surface area is 208 Å². The minimum Gasteiger partial charge on any atom is -0.497 e. The summed E-state index contributed by atoms with van der Waals surface area (Å²) in [6.45, 7) is 0.217. The van der Waals surface area contributed by atoms with Gasteiger partial charge >= 0.3 is 6.18 Å². The molecular formula is C26H20F4N2O3S. The molecule has 36 heavy (non-hydrogen) atoms. The Bertz CT molecular complexity index is 1350. The lowest BCUT2D eigenvalue weighted by Crippen LogP contribution is -2.50. The first-order valence-corrected chi connectivity index (χ1v) is 12.0. The maximum absolute atomic E-state index is 14.5. The first kappa shape index (κ1) is 24.2. The van der Waals surface area contributed by atoms with Crippen LogP contribution < -0.4 is 9.64 Å². The Morgan fingerprint density at radius 1 is 1.08 bits per heavy atom. The van der Waals surface area contributed by atoms with Gasteiger partial charge in [-0.1, -0.05) is 24.3 Å². The molecule has 1 unspecified atom stereocenters. The minimum absolute atomic E-state index is 0.000335. The summed E-state index contributed by atoms with van der Waals surface area (Å²) in [7, 11) is 1.48. The fourth-order valence-corrected chi connectivity index (χ4v) is 6.09. The van der Waals surface area contributed by atoms with E-state index in [9.17, 15) is 27.2 Å². The van der Waals surface area contributed by atoms with Gasteiger partial charge in [0.2, 0.25) is 0 Å². The SMILES string of the molecule is COc1ccc2c(c1)C1(SCCN1C(=O)c1ccccc1F)C(=O)N2Cc1ccc(C(F)(F)F)cc1. The van der Waals surface area contributed by atoms with E-state index in [0.29, 0.717) is 28.3 Å². The van der Waals surface area contributed by atoms with Crippen LogP contribution >= 0.6 is 11.8 Å². The molecule has 186 valence electrons. The summed E-state index contributed by atoms with van der Waals surface area (Å²) < 4.78 is 58.9. The summed E-state index contributed by atoms with van der Waals surface area (Å²) in [5.74, 6) is -0.804. The highest BCUT2D eigenvalue weighted by Crippen LogP contribution is 2.55. The first-order chi connectivity index (χ1) is 17.2. The van der Waals surface area contributed by atoms with Crippen molar-refractivity contribution in [3.63, 3.8) is 0 Å². The van der Waals surface area contributed by atoms with Crippen LogP contribution in [0.5, 0.6) is 5.75 Å². The van der Waals surface area contributed by atoms with E-state index in [2.05, 4.69) is 0 Å². The second kappa shape index (κ2) is 8.85. The van der Waals surface area contributed by atoms with Gasteiger partial charge in [-0.05, 0) is 48.0 Å². The van der Waals surface area contributed by atoms with Crippen molar-refractivity contribution in [2.24, 2.45) is 0 Å². The van der Waals surface area contributed by atoms with Gasteiger partial charge in [-0.15, -0.1) is 11.8 Å². The summed E-state index contributed by atoms with van der Waals surface area (Å²) >= 11 is 1.27. The van der Waals surface area contributed by atoms with Crippen LogP contribution in [0.15, 0.2) is 66.7 Å².